The highest BCUT2D eigenvalue weighted by atomic mass is 16.6. The first-order chi connectivity index (χ1) is 38.3. The van der Waals surface area contributed by atoms with E-state index in [4.69, 9.17) is 39.9 Å². The number of carbonyl (C=O) groups is 7. The van der Waals surface area contributed by atoms with E-state index in [1.807, 2.05) is 0 Å². The molecule has 4 aliphatic heterocycles. The van der Waals surface area contributed by atoms with Gasteiger partial charge < -0.3 is 75.9 Å². The molecule has 6 atom stereocenters. The molecule has 0 aliphatic carbocycles. The first-order valence-corrected chi connectivity index (χ1v) is 26.3. The summed E-state index contributed by atoms with van der Waals surface area (Å²) in [5.74, 6) is -1.26. The second-order valence-corrected chi connectivity index (χ2v) is 20.1. The fourth-order valence-electron chi connectivity index (χ4n) is 9.80. The fraction of sp³-hybridized carbons (Fsp3) is 0.446. The summed E-state index contributed by atoms with van der Waals surface area (Å²) >= 11 is 0. The third-order valence-corrected chi connectivity index (χ3v) is 14.1. The molecule has 0 bridgehead atoms. The molecule has 4 aliphatic rings. The van der Waals surface area contributed by atoms with Crippen LogP contribution >= 0.6 is 0 Å². The number of hydrogen-bond donors (Lipinski definition) is 7. The zero-order valence-electron chi connectivity index (χ0n) is 45.4. The molecule has 3 aromatic rings. The van der Waals surface area contributed by atoms with E-state index in [1.165, 1.54) is 54.4 Å². The first kappa shape index (κ1) is 59.3. The third-order valence-electron chi connectivity index (χ3n) is 14.1. The number of rotatable bonds is 23. The minimum absolute atomic E-state index is 0.0264. The highest BCUT2D eigenvalue weighted by Gasteiger charge is 2.48. The molecule has 0 spiro atoms. The molecule has 4 heterocycles. The predicted molar refractivity (Wildman–Crippen MR) is 293 cm³/mol. The van der Waals surface area contributed by atoms with E-state index in [2.05, 4.69) is 35.7 Å². The second kappa shape index (κ2) is 26.5. The lowest BCUT2D eigenvalue weighted by Crippen LogP contribution is -2.51. The second-order valence-electron chi connectivity index (χ2n) is 20.1. The molecule has 24 heteroatoms. The minimum Gasteiger partial charge on any atom is -0.493 e. The van der Waals surface area contributed by atoms with Crippen molar-refractivity contribution in [3.8, 4) is 23.0 Å². The summed E-state index contributed by atoms with van der Waals surface area (Å²) < 4.78 is 34.8. The number of primary amides is 1. The lowest BCUT2D eigenvalue weighted by molar-refractivity contribution is -0.128. The van der Waals surface area contributed by atoms with Crippen LogP contribution in [0.15, 0.2) is 85.5 Å². The normalized spacial score (nSPS) is 19.1. The van der Waals surface area contributed by atoms with Gasteiger partial charge in [-0.25, -0.2) is 24.2 Å². The van der Waals surface area contributed by atoms with E-state index in [0.29, 0.717) is 42.5 Å². The number of amides is 8. The maximum absolute atomic E-state index is 14.2. The number of methoxy groups -OCH3 is 2. The van der Waals surface area contributed by atoms with Crippen LogP contribution in [0.2, 0.25) is 0 Å². The van der Waals surface area contributed by atoms with Crippen LogP contribution in [0.5, 0.6) is 23.0 Å². The van der Waals surface area contributed by atoms with Crippen molar-refractivity contribution in [3.63, 3.8) is 0 Å². The van der Waals surface area contributed by atoms with Crippen LogP contribution in [-0.4, -0.2) is 152 Å². The number of aliphatic hydroxyl groups excluding tert-OH is 2. The third kappa shape index (κ3) is 13.5. The van der Waals surface area contributed by atoms with E-state index >= 15 is 0 Å². The highest BCUT2D eigenvalue weighted by Crippen LogP contribution is 2.44. The standard InChI is InChI=1S/C56H71N9O15/c1-8-19-79-55(73)64-39-26-45(43(75-6)24-36(39)50(68)62-28-32(4)22-41(62)52(64)70)77-20-10-9-11-21-78-46-27-40-37(25-44(46)76-7)51(69)63-29-33(5)23-42(63)53(71)65(40)56(74)80-30-34-14-16-35(17-15-34)60-48(66)38(13-12-18-59-54(58)72)61-49(67)47(57)31(2)3/h8,14-17,24-27,31,38,41-42,47,52-53,70-71H,1,4-5,9-13,18-23,28-30,57H2,2-3,6-7H3,(H,60,66)(H,61,67)(H3,58,59,72)/t38-,41?,42-,47-,52?,53-/m0/s1. The number of unbranched alkanes of at least 4 members (excludes halogenated alkanes) is 2. The van der Waals surface area contributed by atoms with Crippen molar-refractivity contribution in [3.05, 3.63) is 102 Å². The summed E-state index contributed by atoms with van der Waals surface area (Å²) in [6, 6.07) is 8.09. The van der Waals surface area contributed by atoms with E-state index < -0.39 is 78.5 Å². The molecule has 430 valence electrons. The van der Waals surface area contributed by atoms with Gasteiger partial charge in [0.1, 0.15) is 19.3 Å². The molecule has 0 saturated carbocycles. The molecule has 8 amide bonds. The number of nitrogens with one attached hydrogen (secondary N) is 3. The molecule has 3 aromatic carbocycles. The van der Waals surface area contributed by atoms with Gasteiger partial charge in [0.2, 0.25) is 11.8 Å². The fourth-order valence-corrected chi connectivity index (χ4v) is 9.80. The van der Waals surface area contributed by atoms with Gasteiger partial charge in [-0.05, 0) is 80.7 Å². The molecule has 2 saturated heterocycles. The molecule has 0 aromatic heterocycles. The Balaban J connectivity index is 1.000. The Labute approximate surface area is 463 Å². The Morgan fingerprint density at radius 3 is 1.73 bits per heavy atom. The quantitative estimate of drug-likeness (QED) is 0.0501. The minimum atomic E-state index is -1.56. The SMILES string of the molecule is C=CCOC(=O)N1c2cc(OCCCCCOc3cc4c(cc3OC)C(=O)N3CC(=C)C[C@H]3[C@H](O)N4C(=O)OCc3ccc(NC(=O)[C@H](CCCNC(N)=O)NC(=O)[C@@H](N)C(C)C)cc3)c(OC)cc2C(=O)N2CC(=C)CC2C1O. The molecule has 0 radical (unpaired) electrons. The molecule has 24 nitrogen and oxygen atoms in total. The number of aliphatic hydroxyl groups is 2. The van der Waals surface area contributed by atoms with Gasteiger partial charge in [0, 0.05) is 37.5 Å². The van der Waals surface area contributed by atoms with E-state index in [0.717, 1.165) is 15.4 Å². The van der Waals surface area contributed by atoms with Gasteiger partial charge >= 0.3 is 18.2 Å². The number of nitrogens with two attached hydrogens (primary N) is 2. The number of carbonyl (C=O) groups excluding carboxylic acids is 7. The summed E-state index contributed by atoms with van der Waals surface area (Å²) in [4.78, 5) is 98.1. The van der Waals surface area contributed by atoms with Crippen LogP contribution in [0.3, 0.4) is 0 Å². The molecular weight excluding hydrogens is 1040 g/mol. The summed E-state index contributed by atoms with van der Waals surface area (Å²) in [5, 5.41) is 31.4. The van der Waals surface area contributed by atoms with Crippen LogP contribution in [0.25, 0.3) is 0 Å². The summed E-state index contributed by atoms with van der Waals surface area (Å²) in [5.41, 5.74) is 13.8. The summed E-state index contributed by atoms with van der Waals surface area (Å²) in [6.07, 6.45) is -0.840. The van der Waals surface area contributed by atoms with Crippen molar-refractivity contribution in [2.24, 2.45) is 17.4 Å². The molecule has 2 fully saturated rings. The Kier molecular flexibility index (Phi) is 19.7. The van der Waals surface area contributed by atoms with Gasteiger partial charge in [0.25, 0.3) is 11.8 Å². The molecule has 2 unspecified atom stereocenters. The molecule has 9 N–H and O–H groups in total. The average Bonchev–Trinajstić information content (AvgIpc) is 4.00. The number of benzene rings is 3. The van der Waals surface area contributed by atoms with Crippen molar-refractivity contribution in [1.82, 2.24) is 20.4 Å². The van der Waals surface area contributed by atoms with Crippen LogP contribution in [0.4, 0.5) is 31.4 Å². The zero-order chi connectivity index (χ0) is 57.9. The number of ether oxygens (including phenoxy) is 6. The summed E-state index contributed by atoms with van der Waals surface area (Å²) in [7, 11) is 2.84. The molecular formula is C56H71N9O15. The van der Waals surface area contributed by atoms with E-state index in [9.17, 15) is 43.8 Å². The number of hydrogen-bond acceptors (Lipinski definition) is 16. The first-order valence-electron chi connectivity index (χ1n) is 26.3. The van der Waals surface area contributed by atoms with Crippen molar-refractivity contribution in [1.29, 1.82) is 0 Å². The largest absolute Gasteiger partial charge is 0.493 e. The molecule has 7 rings (SSSR count). The van der Waals surface area contributed by atoms with Gasteiger partial charge in [-0.3, -0.25) is 19.2 Å². The van der Waals surface area contributed by atoms with Gasteiger partial charge in [0.05, 0.1) is 68.1 Å². The van der Waals surface area contributed by atoms with Crippen molar-refractivity contribution < 1.29 is 72.2 Å². The number of fused-ring (bicyclic) bond motifs is 4. The Morgan fingerprint density at radius 1 is 0.738 bits per heavy atom. The highest BCUT2D eigenvalue weighted by molar-refractivity contribution is 6.07. The lowest BCUT2D eigenvalue weighted by atomic mass is 10.0. The number of nitrogens with zero attached hydrogens (tertiary/aromatic N) is 4. The topological polar surface area (TPSA) is 316 Å². The number of anilines is 3. The van der Waals surface area contributed by atoms with E-state index in [1.54, 1.807) is 38.1 Å². The Bertz CT molecular complexity index is 2860. The summed E-state index contributed by atoms with van der Waals surface area (Å²) in [6.45, 7) is 15.7. The maximum atomic E-state index is 14.2. The van der Waals surface area contributed by atoms with E-state index in [-0.39, 0.29) is 117 Å². The van der Waals surface area contributed by atoms with Gasteiger partial charge in [-0.2, -0.15) is 0 Å². The monoisotopic (exact) mass is 1110 g/mol. The Morgan fingerprint density at radius 2 is 1.25 bits per heavy atom. The molecule has 80 heavy (non-hydrogen) atoms. The Hall–Kier alpha value is -8.35. The van der Waals surface area contributed by atoms with Crippen LogP contribution in [-0.2, 0) is 25.7 Å². The van der Waals surface area contributed by atoms with Crippen molar-refractivity contribution >= 4 is 58.9 Å². The van der Waals surface area contributed by atoms with Crippen LogP contribution in [0, 0.1) is 5.92 Å². The van der Waals surface area contributed by atoms with Gasteiger partial charge in [-0.15, -0.1) is 0 Å². The predicted octanol–water partition coefficient (Wildman–Crippen LogP) is 4.66. The average molecular weight is 1110 g/mol. The van der Waals surface area contributed by atoms with Crippen LogP contribution < -0.4 is 56.2 Å². The zero-order valence-corrected chi connectivity index (χ0v) is 45.4. The van der Waals surface area contributed by atoms with Gasteiger partial charge in [-0.1, -0.05) is 62.9 Å². The van der Waals surface area contributed by atoms with Crippen LogP contribution in [0.1, 0.15) is 85.1 Å². The van der Waals surface area contributed by atoms with Gasteiger partial charge in [0.15, 0.2) is 35.5 Å². The smallest absolute Gasteiger partial charge is 0.416 e. The van der Waals surface area contributed by atoms with Crippen molar-refractivity contribution in [2.75, 3.05) is 68.8 Å². The number of urea groups is 1. The van der Waals surface area contributed by atoms with Crippen molar-refractivity contribution in [2.45, 2.75) is 102 Å². The lowest BCUT2D eigenvalue weighted by Gasteiger charge is -2.31. The maximum Gasteiger partial charge on any atom is 0.416 e.